The highest BCUT2D eigenvalue weighted by molar-refractivity contribution is 9.36. The second-order valence-electron chi connectivity index (χ2n) is 0.436. The third kappa shape index (κ3) is 2.91. The lowest BCUT2D eigenvalue weighted by molar-refractivity contribution is 1.53. The molecule has 4 heavy (non-hydrogen) atoms. The maximum atomic E-state index is 3.22. The van der Waals surface area contributed by atoms with Crippen LogP contribution in [0.4, 0.5) is 0 Å². The monoisotopic (exact) mass is 139 g/mol. The Balaban J connectivity index is 1.97. The molecule has 0 aliphatic rings. The van der Waals surface area contributed by atoms with E-state index in [-0.39, 0.29) is 0 Å². The Morgan fingerprint density at radius 1 is 2.00 bits per heavy atom. The van der Waals surface area contributed by atoms with Crippen LogP contribution in [0.3, 0.4) is 0 Å². The molecule has 0 bridgehead atoms. The molecule has 1 radical (unpaired) electrons. The molecule has 0 aliphatic carbocycles. The van der Waals surface area contributed by atoms with Crippen molar-refractivity contribution in [2.45, 2.75) is 6.92 Å². The highest BCUT2D eigenvalue weighted by Gasteiger charge is 1.60. The minimum absolute atomic E-state index is 1.21. The van der Waals surface area contributed by atoms with Gasteiger partial charge in [0.15, 0.2) is 0 Å². The van der Waals surface area contributed by atoms with Crippen LogP contribution in [0.2, 0.25) is 0 Å². The average molecular weight is 140 g/mol. The smallest absolute Gasteiger partial charge is 0.000486 e. The third-order valence-electron chi connectivity index (χ3n) is 0.120. The lowest BCUT2D eigenvalue weighted by Gasteiger charge is -1.64. The van der Waals surface area contributed by atoms with Gasteiger partial charge in [-0.2, -0.15) is 0 Å². The summed E-state index contributed by atoms with van der Waals surface area (Å²) in [7, 11) is 1.31. The minimum Gasteiger partial charge on any atom is -0.0603 e. The van der Waals surface area contributed by atoms with Gasteiger partial charge in [0.25, 0.3) is 0 Å². The van der Waals surface area contributed by atoms with Gasteiger partial charge in [-0.05, 0) is 6.16 Å². The molecule has 0 saturated carbocycles. The quantitative estimate of drug-likeness (QED) is 0.490. The SMILES string of the molecule is CC[P]Br. The fraction of sp³-hybridized carbons (Fsp3) is 1.00. The van der Waals surface area contributed by atoms with Gasteiger partial charge in [-0.3, -0.25) is 0 Å². The highest BCUT2D eigenvalue weighted by atomic mass is 79.9. The molecule has 0 amide bonds. The summed E-state index contributed by atoms with van der Waals surface area (Å²) in [5.41, 5.74) is 0. The van der Waals surface area contributed by atoms with Crippen molar-refractivity contribution in [2.75, 3.05) is 6.16 Å². The van der Waals surface area contributed by atoms with Gasteiger partial charge in [0.05, 0.1) is 0 Å². The van der Waals surface area contributed by atoms with Crippen LogP contribution < -0.4 is 0 Å². The Labute approximate surface area is 36.5 Å². The molecule has 0 rings (SSSR count). The first-order valence-electron chi connectivity index (χ1n) is 1.19. The average Bonchev–Trinajstić information content (AvgIpc) is 1.37. The Bertz CT molecular complexity index is 8.00. The summed E-state index contributed by atoms with van der Waals surface area (Å²) in [5.74, 6) is 0. The fourth-order valence-electron chi connectivity index (χ4n) is 0. The van der Waals surface area contributed by atoms with E-state index < -0.39 is 0 Å². The topological polar surface area (TPSA) is 0 Å². The first kappa shape index (κ1) is 4.91. The number of halogens is 1. The second-order valence-corrected chi connectivity index (χ2v) is 2.81. The molecule has 0 aromatic carbocycles. The normalized spacial score (nSPS) is 10.5. The van der Waals surface area contributed by atoms with Gasteiger partial charge in [-0.1, -0.05) is 22.4 Å². The summed E-state index contributed by atoms with van der Waals surface area (Å²) >= 11 is 3.22. The van der Waals surface area contributed by atoms with Crippen LogP contribution in [0.15, 0.2) is 0 Å². The van der Waals surface area contributed by atoms with Crippen molar-refractivity contribution in [3.8, 4) is 0 Å². The Hall–Kier alpha value is 0.910. The van der Waals surface area contributed by atoms with Crippen molar-refractivity contribution < 1.29 is 0 Å². The van der Waals surface area contributed by atoms with Crippen LogP contribution in [0.25, 0.3) is 0 Å². The first-order chi connectivity index (χ1) is 1.91. The van der Waals surface area contributed by atoms with E-state index in [2.05, 4.69) is 22.4 Å². The number of hydrogen-bond acceptors (Lipinski definition) is 0. The predicted molar refractivity (Wildman–Crippen MR) is 26.4 cm³/mol. The number of rotatable bonds is 1. The number of hydrogen-bond donors (Lipinski definition) is 0. The molecule has 0 nitrogen and oxygen atoms in total. The molecular formula is C2H5BrP. The van der Waals surface area contributed by atoms with Crippen LogP contribution in [0.1, 0.15) is 6.92 Å². The molecule has 0 saturated heterocycles. The fourth-order valence-corrected chi connectivity index (χ4v) is 0. The zero-order chi connectivity index (χ0) is 3.41. The Kier molecular flexibility index (Phi) is 4.80. The van der Waals surface area contributed by atoms with Crippen molar-refractivity contribution in [1.82, 2.24) is 0 Å². The van der Waals surface area contributed by atoms with Crippen molar-refractivity contribution in [3.63, 3.8) is 0 Å². The van der Waals surface area contributed by atoms with Gasteiger partial charge < -0.3 is 0 Å². The van der Waals surface area contributed by atoms with Crippen LogP contribution in [-0.4, -0.2) is 6.16 Å². The van der Waals surface area contributed by atoms with E-state index in [1.807, 2.05) is 0 Å². The molecule has 25 valence electrons. The Morgan fingerprint density at radius 2 is 2.25 bits per heavy atom. The Morgan fingerprint density at radius 3 is 2.25 bits per heavy atom. The van der Waals surface area contributed by atoms with E-state index in [0.717, 1.165) is 0 Å². The minimum atomic E-state index is 1.21. The lowest BCUT2D eigenvalue weighted by atomic mass is 11.0. The summed E-state index contributed by atoms with van der Waals surface area (Å²) in [4.78, 5) is 0. The lowest BCUT2D eigenvalue weighted by Crippen LogP contribution is -1.40. The van der Waals surface area contributed by atoms with E-state index in [9.17, 15) is 0 Å². The van der Waals surface area contributed by atoms with E-state index in [4.69, 9.17) is 0 Å². The zero-order valence-corrected chi connectivity index (χ0v) is 5.01. The third-order valence-corrected chi connectivity index (χ3v) is 1.86. The maximum Gasteiger partial charge on any atom is 0.000486 e. The largest absolute Gasteiger partial charge is 0.0603 e. The van der Waals surface area contributed by atoms with Crippen molar-refractivity contribution in [2.24, 2.45) is 0 Å². The molecule has 0 aromatic heterocycles. The van der Waals surface area contributed by atoms with E-state index >= 15 is 0 Å². The van der Waals surface area contributed by atoms with E-state index in [1.165, 1.54) is 13.4 Å². The van der Waals surface area contributed by atoms with Gasteiger partial charge in [-0.25, -0.2) is 0 Å². The van der Waals surface area contributed by atoms with Gasteiger partial charge in [-0.15, -0.1) is 0 Å². The zero-order valence-electron chi connectivity index (χ0n) is 2.53. The summed E-state index contributed by atoms with van der Waals surface area (Å²) in [6, 6.07) is 0. The molecule has 0 atom stereocenters. The molecule has 0 fully saturated rings. The van der Waals surface area contributed by atoms with E-state index in [0.29, 0.717) is 0 Å². The molecule has 0 heterocycles. The summed E-state index contributed by atoms with van der Waals surface area (Å²) in [6.45, 7) is 2.12. The summed E-state index contributed by atoms with van der Waals surface area (Å²) in [5, 5.41) is 0. The van der Waals surface area contributed by atoms with Crippen LogP contribution in [0, 0.1) is 0 Å². The van der Waals surface area contributed by atoms with Crippen LogP contribution in [0.5, 0.6) is 0 Å². The van der Waals surface area contributed by atoms with Gasteiger partial charge in [0.1, 0.15) is 0 Å². The van der Waals surface area contributed by atoms with Gasteiger partial charge >= 0.3 is 0 Å². The predicted octanol–water partition coefficient (Wildman–Crippen LogP) is 2.26. The van der Waals surface area contributed by atoms with Crippen molar-refractivity contribution >= 4 is 22.8 Å². The first-order valence-corrected chi connectivity index (χ1v) is 4.29. The molecule has 0 aliphatic heterocycles. The van der Waals surface area contributed by atoms with Crippen LogP contribution >= 0.6 is 22.8 Å². The molecule has 0 spiro atoms. The standard InChI is InChI=1S/C2H5BrP/c1-2-4-3/h2H2,1H3. The molecule has 0 N–H and O–H groups in total. The molecule has 0 aromatic rings. The highest BCUT2D eigenvalue weighted by Crippen LogP contribution is 2.16. The van der Waals surface area contributed by atoms with Crippen molar-refractivity contribution in [3.05, 3.63) is 0 Å². The second kappa shape index (κ2) is 3.91. The van der Waals surface area contributed by atoms with Gasteiger partial charge in [0.2, 0.25) is 0 Å². The van der Waals surface area contributed by atoms with Crippen LogP contribution in [-0.2, 0) is 0 Å². The maximum absolute atomic E-state index is 3.22. The summed E-state index contributed by atoms with van der Waals surface area (Å²) in [6.07, 6.45) is 1.21. The van der Waals surface area contributed by atoms with Crippen molar-refractivity contribution in [1.29, 1.82) is 0 Å². The molecular weight excluding hydrogens is 135 g/mol. The van der Waals surface area contributed by atoms with E-state index in [1.54, 1.807) is 0 Å². The molecule has 0 unspecified atom stereocenters. The summed E-state index contributed by atoms with van der Waals surface area (Å²) < 4.78 is 0. The molecule has 2 heteroatoms. The van der Waals surface area contributed by atoms with Gasteiger partial charge in [0, 0.05) is 7.28 Å².